The van der Waals surface area contributed by atoms with Crippen LogP contribution in [0.1, 0.15) is 53.1 Å². The molecule has 32 heavy (non-hydrogen) atoms. The third-order valence-corrected chi connectivity index (χ3v) is 6.23. The first-order valence-electron chi connectivity index (χ1n) is 11.5. The Labute approximate surface area is 190 Å². The Hall–Kier alpha value is -3.11. The number of amides is 1. The van der Waals surface area contributed by atoms with E-state index in [2.05, 4.69) is 65.7 Å². The van der Waals surface area contributed by atoms with Gasteiger partial charge in [-0.3, -0.25) is 4.79 Å². The summed E-state index contributed by atoms with van der Waals surface area (Å²) in [4.78, 5) is 15.6. The van der Waals surface area contributed by atoms with Crippen LogP contribution in [-0.2, 0) is 17.8 Å². The van der Waals surface area contributed by atoms with E-state index in [1.54, 1.807) is 0 Å². The molecule has 0 saturated carbocycles. The lowest BCUT2D eigenvalue weighted by Gasteiger charge is -2.33. The first kappa shape index (κ1) is 22.1. The molecule has 4 heteroatoms. The summed E-state index contributed by atoms with van der Waals surface area (Å²) in [5, 5.41) is 12.6. The summed E-state index contributed by atoms with van der Waals surface area (Å²) in [7, 11) is 0. The molecule has 1 aliphatic heterocycles. The fourth-order valence-electron chi connectivity index (χ4n) is 4.41. The number of hydrogen-bond donors (Lipinski definition) is 2. The maximum Gasteiger partial charge on any atom is 0.225 e. The smallest absolute Gasteiger partial charge is 0.225 e. The number of piperidine rings is 1. The maximum atomic E-state index is 13.1. The molecule has 166 valence electrons. The van der Waals surface area contributed by atoms with Gasteiger partial charge < -0.3 is 15.3 Å². The van der Waals surface area contributed by atoms with Gasteiger partial charge in [0.1, 0.15) is 0 Å². The Morgan fingerprint density at radius 3 is 2.25 bits per heavy atom. The number of aliphatic hydroxyl groups is 1. The Morgan fingerprint density at radius 2 is 1.56 bits per heavy atom. The molecule has 1 unspecified atom stereocenters. The number of aliphatic hydroxyl groups excluding tert-OH is 1. The average Bonchev–Trinajstić information content (AvgIpc) is 2.84. The minimum atomic E-state index is -0.210. The van der Waals surface area contributed by atoms with Crippen molar-refractivity contribution in [3.63, 3.8) is 0 Å². The number of hydrogen-bond acceptors (Lipinski definition) is 3. The van der Waals surface area contributed by atoms with Crippen LogP contribution in [0, 0.1) is 6.92 Å². The fraction of sp³-hybridized carbons (Fsp3) is 0.321. The first-order chi connectivity index (χ1) is 15.6. The quantitative estimate of drug-likeness (QED) is 0.561. The molecule has 1 atom stereocenters. The third-order valence-electron chi connectivity index (χ3n) is 6.23. The molecule has 1 amide bonds. The topological polar surface area (TPSA) is 52.6 Å². The van der Waals surface area contributed by atoms with Crippen LogP contribution in [0.5, 0.6) is 0 Å². The predicted octanol–water partition coefficient (Wildman–Crippen LogP) is 4.93. The highest BCUT2D eigenvalue weighted by Crippen LogP contribution is 2.32. The number of nitrogens with zero attached hydrogens (tertiary/aromatic N) is 1. The molecule has 1 heterocycles. The average molecular weight is 429 g/mol. The molecule has 0 aromatic heterocycles. The Morgan fingerprint density at radius 1 is 0.906 bits per heavy atom. The minimum absolute atomic E-state index is 0.00918. The van der Waals surface area contributed by atoms with Crippen LogP contribution in [-0.4, -0.2) is 24.1 Å². The van der Waals surface area contributed by atoms with Crippen molar-refractivity contribution < 1.29 is 9.90 Å². The highest BCUT2D eigenvalue weighted by atomic mass is 16.3. The van der Waals surface area contributed by atoms with Crippen LogP contribution < -0.4 is 10.2 Å². The van der Waals surface area contributed by atoms with Crippen LogP contribution in [0.25, 0.3) is 0 Å². The molecule has 3 aromatic rings. The second kappa shape index (κ2) is 10.5. The summed E-state index contributed by atoms with van der Waals surface area (Å²) >= 11 is 0. The Balaban J connectivity index is 1.62. The van der Waals surface area contributed by atoms with Crippen molar-refractivity contribution in [1.82, 2.24) is 5.32 Å². The monoisotopic (exact) mass is 428 g/mol. The predicted molar refractivity (Wildman–Crippen MR) is 130 cm³/mol. The number of carbonyl (C=O) groups excluding carboxylic acids is 1. The second-order valence-corrected chi connectivity index (χ2v) is 8.67. The lowest BCUT2D eigenvalue weighted by molar-refractivity contribution is -0.120. The molecule has 3 aromatic carbocycles. The van der Waals surface area contributed by atoms with E-state index in [1.165, 1.54) is 30.5 Å². The van der Waals surface area contributed by atoms with Crippen LogP contribution in [0.2, 0.25) is 0 Å². The lowest BCUT2D eigenvalue weighted by atomic mass is 9.94. The number of aryl methyl sites for hydroxylation is 1. The molecule has 1 fully saturated rings. The SMILES string of the molecule is Cc1ccc(C(NC(=O)Cc2ccc(CO)cc2)c2ccccc2N2CCCCC2)cc1. The van der Waals surface area contributed by atoms with Gasteiger partial charge in [-0.05, 0) is 48.9 Å². The zero-order valence-electron chi connectivity index (χ0n) is 18.8. The highest BCUT2D eigenvalue weighted by molar-refractivity contribution is 5.80. The van der Waals surface area contributed by atoms with Gasteiger partial charge in [-0.25, -0.2) is 0 Å². The highest BCUT2D eigenvalue weighted by Gasteiger charge is 2.23. The fourth-order valence-corrected chi connectivity index (χ4v) is 4.41. The van der Waals surface area contributed by atoms with Crippen molar-refractivity contribution in [2.45, 2.75) is 45.3 Å². The van der Waals surface area contributed by atoms with Crippen molar-refractivity contribution in [2.24, 2.45) is 0 Å². The van der Waals surface area contributed by atoms with Gasteiger partial charge in [0.2, 0.25) is 5.91 Å². The molecule has 2 N–H and O–H groups in total. The summed E-state index contributed by atoms with van der Waals surface area (Å²) in [6, 6.07) is 24.3. The zero-order chi connectivity index (χ0) is 22.3. The number of rotatable bonds is 7. The van der Waals surface area contributed by atoms with Crippen molar-refractivity contribution in [2.75, 3.05) is 18.0 Å². The summed E-state index contributed by atoms with van der Waals surface area (Å²) in [6.07, 6.45) is 4.01. The van der Waals surface area contributed by atoms with Crippen molar-refractivity contribution >= 4 is 11.6 Å². The van der Waals surface area contributed by atoms with E-state index < -0.39 is 0 Å². The summed E-state index contributed by atoms with van der Waals surface area (Å²) < 4.78 is 0. The molecule has 0 aliphatic carbocycles. The molecule has 4 rings (SSSR count). The van der Waals surface area contributed by atoms with E-state index in [0.29, 0.717) is 6.42 Å². The van der Waals surface area contributed by atoms with E-state index in [-0.39, 0.29) is 18.6 Å². The van der Waals surface area contributed by atoms with E-state index >= 15 is 0 Å². The van der Waals surface area contributed by atoms with Gasteiger partial charge in [0.05, 0.1) is 19.1 Å². The van der Waals surface area contributed by atoms with Crippen molar-refractivity contribution in [1.29, 1.82) is 0 Å². The van der Waals surface area contributed by atoms with Gasteiger partial charge in [0.15, 0.2) is 0 Å². The van der Waals surface area contributed by atoms with Crippen molar-refractivity contribution in [3.05, 3.63) is 101 Å². The van der Waals surface area contributed by atoms with Gasteiger partial charge in [-0.1, -0.05) is 72.3 Å². The van der Waals surface area contributed by atoms with Crippen molar-refractivity contribution in [3.8, 4) is 0 Å². The van der Waals surface area contributed by atoms with Crippen LogP contribution >= 0.6 is 0 Å². The number of para-hydroxylation sites is 1. The molecule has 1 aliphatic rings. The molecule has 1 saturated heterocycles. The van der Waals surface area contributed by atoms with E-state index in [0.717, 1.165) is 35.3 Å². The Kier molecular flexibility index (Phi) is 7.23. The molecular formula is C28H32N2O2. The molecule has 0 radical (unpaired) electrons. The second-order valence-electron chi connectivity index (χ2n) is 8.67. The van der Waals surface area contributed by atoms with E-state index in [9.17, 15) is 9.90 Å². The molecular weight excluding hydrogens is 396 g/mol. The van der Waals surface area contributed by atoms with Gasteiger partial charge >= 0.3 is 0 Å². The van der Waals surface area contributed by atoms with Crippen LogP contribution in [0.4, 0.5) is 5.69 Å². The first-order valence-corrected chi connectivity index (χ1v) is 11.5. The van der Waals surface area contributed by atoms with E-state index in [4.69, 9.17) is 0 Å². The van der Waals surface area contributed by atoms with Gasteiger partial charge in [0, 0.05) is 24.3 Å². The largest absolute Gasteiger partial charge is 0.392 e. The molecule has 0 spiro atoms. The minimum Gasteiger partial charge on any atom is -0.392 e. The summed E-state index contributed by atoms with van der Waals surface area (Å²) in [5.41, 5.74) is 6.43. The van der Waals surface area contributed by atoms with Crippen LogP contribution in [0.3, 0.4) is 0 Å². The lowest BCUT2D eigenvalue weighted by Crippen LogP contribution is -2.34. The maximum absolute atomic E-state index is 13.1. The summed E-state index contributed by atoms with van der Waals surface area (Å²) in [6.45, 7) is 4.20. The molecule has 4 nitrogen and oxygen atoms in total. The standard InChI is InChI=1S/C28H32N2O2/c1-21-9-15-24(16-10-21)28(29-27(32)19-22-11-13-23(20-31)14-12-22)25-7-3-4-8-26(25)30-17-5-2-6-18-30/h3-4,7-16,28,31H,2,5-6,17-20H2,1H3,(H,29,32). The van der Waals surface area contributed by atoms with Gasteiger partial charge in [0.25, 0.3) is 0 Å². The Bertz CT molecular complexity index is 1020. The normalized spacial score (nSPS) is 14.8. The third kappa shape index (κ3) is 5.38. The van der Waals surface area contributed by atoms with Crippen LogP contribution in [0.15, 0.2) is 72.8 Å². The van der Waals surface area contributed by atoms with Gasteiger partial charge in [-0.2, -0.15) is 0 Å². The van der Waals surface area contributed by atoms with Gasteiger partial charge in [-0.15, -0.1) is 0 Å². The van der Waals surface area contributed by atoms with E-state index in [1.807, 2.05) is 24.3 Å². The zero-order valence-corrected chi connectivity index (χ0v) is 18.8. The number of carbonyl (C=O) groups is 1. The summed E-state index contributed by atoms with van der Waals surface area (Å²) in [5.74, 6) is -0.0132. The number of nitrogens with one attached hydrogen (secondary N) is 1. The molecule has 0 bridgehead atoms. The number of benzene rings is 3. The number of anilines is 1.